The maximum atomic E-state index is 5.94. The fourth-order valence-electron chi connectivity index (χ4n) is 2.88. The van der Waals surface area contributed by atoms with E-state index in [2.05, 4.69) is 21.8 Å². The molecule has 0 saturated heterocycles. The Morgan fingerprint density at radius 3 is 2.89 bits per heavy atom. The van der Waals surface area contributed by atoms with Crippen LogP contribution in [0, 0.1) is 0 Å². The van der Waals surface area contributed by atoms with Gasteiger partial charge < -0.3 is 15.6 Å². The average Bonchev–Trinajstić information content (AvgIpc) is 2.86. The average molecular weight is 250 g/mol. The molecule has 1 saturated carbocycles. The lowest BCUT2D eigenvalue weighted by molar-refractivity contribution is 0.333. The number of hydrogen-bond donors (Lipinski definition) is 2. The van der Waals surface area contributed by atoms with E-state index < -0.39 is 0 Å². The van der Waals surface area contributed by atoms with Crippen molar-refractivity contribution in [2.75, 3.05) is 6.54 Å². The van der Waals surface area contributed by atoms with Crippen molar-refractivity contribution >= 4 is 0 Å². The number of rotatable bonds is 6. The van der Waals surface area contributed by atoms with Crippen LogP contribution in [0.3, 0.4) is 0 Å². The van der Waals surface area contributed by atoms with Crippen molar-refractivity contribution in [1.29, 1.82) is 0 Å². The Balaban J connectivity index is 2.00. The maximum absolute atomic E-state index is 5.94. The van der Waals surface area contributed by atoms with Gasteiger partial charge in [0.05, 0.1) is 18.1 Å². The lowest BCUT2D eigenvalue weighted by Gasteiger charge is -2.28. The van der Waals surface area contributed by atoms with Crippen molar-refractivity contribution in [3.8, 4) is 0 Å². The number of hydrogen-bond acceptors (Lipinski definition) is 3. The van der Waals surface area contributed by atoms with E-state index in [4.69, 9.17) is 5.73 Å². The summed E-state index contributed by atoms with van der Waals surface area (Å²) in [5.41, 5.74) is 7.18. The fourth-order valence-corrected chi connectivity index (χ4v) is 2.88. The lowest BCUT2D eigenvalue weighted by atomic mass is 9.94. The maximum Gasteiger partial charge on any atom is 0.0948 e. The zero-order valence-corrected chi connectivity index (χ0v) is 11.4. The van der Waals surface area contributed by atoms with Crippen LogP contribution in [0.15, 0.2) is 12.5 Å². The van der Waals surface area contributed by atoms with E-state index in [-0.39, 0.29) is 6.04 Å². The number of aromatic nitrogens is 2. The number of nitrogens with one attached hydrogen (secondary N) is 1. The van der Waals surface area contributed by atoms with Crippen LogP contribution >= 0.6 is 0 Å². The first-order valence-corrected chi connectivity index (χ1v) is 7.31. The summed E-state index contributed by atoms with van der Waals surface area (Å²) in [7, 11) is 0. The Bertz CT molecular complexity index is 341. The first-order valence-electron chi connectivity index (χ1n) is 7.31. The highest BCUT2D eigenvalue weighted by Gasteiger charge is 2.20. The summed E-state index contributed by atoms with van der Waals surface area (Å²) in [6, 6.07) is 0.888. The molecular weight excluding hydrogens is 224 g/mol. The van der Waals surface area contributed by atoms with Gasteiger partial charge in [-0.25, -0.2) is 4.98 Å². The van der Waals surface area contributed by atoms with Gasteiger partial charge in [-0.3, -0.25) is 0 Å². The minimum Gasteiger partial charge on any atom is -0.333 e. The van der Waals surface area contributed by atoms with Crippen LogP contribution in [-0.4, -0.2) is 22.1 Å². The van der Waals surface area contributed by atoms with Gasteiger partial charge in [0.15, 0.2) is 0 Å². The molecule has 0 radical (unpaired) electrons. The monoisotopic (exact) mass is 250 g/mol. The fraction of sp³-hybridized carbons (Fsp3) is 0.786. The van der Waals surface area contributed by atoms with E-state index in [9.17, 15) is 0 Å². The predicted molar refractivity (Wildman–Crippen MR) is 74.3 cm³/mol. The standard InChI is InChI=1S/C14H26N4/c1-2-8-18-11-16-10-14(18)13(9-15)17-12-6-4-3-5-7-12/h10-13,17H,2-9,15H2,1H3. The normalized spacial score (nSPS) is 19.0. The molecule has 102 valence electrons. The van der Waals surface area contributed by atoms with Gasteiger partial charge in [0, 0.05) is 25.3 Å². The van der Waals surface area contributed by atoms with Gasteiger partial charge in [-0.2, -0.15) is 0 Å². The lowest BCUT2D eigenvalue weighted by Crippen LogP contribution is -2.38. The molecule has 3 N–H and O–H groups in total. The smallest absolute Gasteiger partial charge is 0.0948 e. The molecule has 1 unspecified atom stereocenters. The number of imidazole rings is 1. The first kappa shape index (κ1) is 13.6. The van der Waals surface area contributed by atoms with E-state index >= 15 is 0 Å². The topological polar surface area (TPSA) is 55.9 Å². The van der Waals surface area contributed by atoms with Crippen LogP contribution in [0.5, 0.6) is 0 Å². The van der Waals surface area contributed by atoms with Crippen LogP contribution < -0.4 is 11.1 Å². The van der Waals surface area contributed by atoms with Crippen LogP contribution in [0.1, 0.15) is 57.2 Å². The zero-order valence-electron chi connectivity index (χ0n) is 11.4. The highest BCUT2D eigenvalue weighted by molar-refractivity contribution is 5.06. The van der Waals surface area contributed by atoms with E-state index in [0.717, 1.165) is 13.0 Å². The number of aryl methyl sites for hydroxylation is 1. The molecule has 1 aliphatic carbocycles. The van der Waals surface area contributed by atoms with Crippen molar-refractivity contribution in [1.82, 2.24) is 14.9 Å². The highest BCUT2D eigenvalue weighted by atomic mass is 15.1. The highest BCUT2D eigenvalue weighted by Crippen LogP contribution is 2.21. The predicted octanol–water partition coefficient (Wildman–Crippen LogP) is 2.22. The number of nitrogens with two attached hydrogens (primary N) is 1. The molecule has 1 fully saturated rings. The Labute approximate surface area is 110 Å². The van der Waals surface area contributed by atoms with Crippen molar-refractivity contribution in [3.63, 3.8) is 0 Å². The molecule has 1 aromatic rings. The molecule has 1 aromatic heterocycles. The van der Waals surface area contributed by atoms with E-state index in [0.29, 0.717) is 12.6 Å². The van der Waals surface area contributed by atoms with Gasteiger partial charge in [0.1, 0.15) is 0 Å². The second-order valence-electron chi connectivity index (χ2n) is 5.30. The molecular formula is C14H26N4. The Kier molecular flexibility index (Phi) is 5.20. The van der Waals surface area contributed by atoms with E-state index in [1.54, 1.807) is 0 Å². The first-order chi connectivity index (χ1) is 8.85. The van der Waals surface area contributed by atoms with Crippen molar-refractivity contribution in [2.45, 2.75) is 64.1 Å². The molecule has 0 bridgehead atoms. The van der Waals surface area contributed by atoms with Crippen molar-refractivity contribution in [3.05, 3.63) is 18.2 Å². The molecule has 4 heteroatoms. The minimum absolute atomic E-state index is 0.252. The molecule has 1 atom stereocenters. The van der Waals surface area contributed by atoms with Crippen LogP contribution in [-0.2, 0) is 6.54 Å². The van der Waals surface area contributed by atoms with E-state index in [1.165, 1.54) is 37.8 Å². The summed E-state index contributed by atoms with van der Waals surface area (Å²) in [6.45, 7) is 3.86. The molecule has 0 spiro atoms. The second-order valence-corrected chi connectivity index (χ2v) is 5.30. The molecule has 4 nitrogen and oxygen atoms in total. The number of nitrogens with zero attached hydrogens (tertiary/aromatic N) is 2. The van der Waals surface area contributed by atoms with E-state index in [1.807, 2.05) is 12.5 Å². The summed E-state index contributed by atoms with van der Waals surface area (Å²) in [6.07, 6.45) is 11.7. The summed E-state index contributed by atoms with van der Waals surface area (Å²) < 4.78 is 2.23. The van der Waals surface area contributed by atoms with Gasteiger partial charge in [-0.15, -0.1) is 0 Å². The molecule has 1 heterocycles. The van der Waals surface area contributed by atoms with Gasteiger partial charge in [-0.05, 0) is 19.3 Å². The summed E-state index contributed by atoms with van der Waals surface area (Å²) in [5, 5.41) is 3.72. The van der Waals surface area contributed by atoms with Gasteiger partial charge in [-0.1, -0.05) is 26.2 Å². The van der Waals surface area contributed by atoms with Crippen LogP contribution in [0.4, 0.5) is 0 Å². The van der Waals surface area contributed by atoms with Crippen molar-refractivity contribution in [2.24, 2.45) is 5.73 Å². The van der Waals surface area contributed by atoms with Crippen LogP contribution in [0.2, 0.25) is 0 Å². The third kappa shape index (κ3) is 3.33. The second kappa shape index (κ2) is 6.90. The SMILES string of the molecule is CCCn1cncc1C(CN)NC1CCCCC1. The van der Waals surface area contributed by atoms with Gasteiger partial charge >= 0.3 is 0 Å². The summed E-state index contributed by atoms with van der Waals surface area (Å²) in [4.78, 5) is 4.27. The third-order valence-corrected chi connectivity index (χ3v) is 3.84. The van der Waals surface area contributed by atoms with Gasteiger partial charge in [0.2, 0.25) is 0 Å². The molecule has 2 rings (SSSR count). The third-order valence-electron chi connectivity index (χ3n) is 3.84. The molecule has 0 aliphatic heterocycles. The van der Waals surface area contributed by atoms with Crippen molar-refractivity contribution < 1.29 is 0 Å². The van der Waals surface area contributed by atoms with Gasteiger partial charge in [0.25, 0.3) is 0 Å². The quantitative estimate of drug-likeness (QED) is 0.814. The summed E-state index contributed by atoms with van der Waals surface area (Å²) >= 11 is 0. The largest absolute Gasteiger partial charge is 0.333 e. The molecule has 0 amide bonds. The zero-order chi connectivity index (χ0) is 12.8. The molecule has 18 heavy (non-hydrogen) atoms. The molecule has 1 aliphatic rings. The Morgan fingerprint density at radius 1 is 1.44 bits per heavy atom. The van der Waals surface area contributed by atoms with Crippen LogP contribution in [0.25, 0.3) is 0 Å². The Hall–Kier alpha value is -0.870. The Morgan fingerprint density at radius 2 is 2.22 bits per heavy atom. The molecule has 0 aromatic carbocycles. The summed E-state index contributed by atoms with van der Waals surface area (Å²) in [5.74, 6) is 0. The minimum atomic E-state index is 0.252.